The van der Waals surface area contributed by atoms with E-state index in [4.69, 9.17) is 0 Å². The molecule has 0 bridgehead atoms. The van der Waals surface area contributed by atoms with Crippen molar-refractivity contribution in [3.8, 4) is 0 Å². The normalized spacial score (nSPS) is 14.7. The number of esters is 1. The molecule has 0 fully saturated rings. The van der Waals surface area contributed by atoms with Crippen LogP contribution in [0.4, 0.5) is 0 Å². The van der Waals surface area contributed by atoms with Crippen molar-refractivity contribution >= 4 is 17.8 Å². The first kappa shape index (κ1) is 10.2. The lowest BCUT2D eigenvalue weighted by Gasteiger charge is -2.00. The standard InChI is InChI=1S/C9H9NO4/c1-2-8(12)14-4-3-6-5-7(11)10-9(6)13/h2,5H,1,3-4H2,(H,10,11,13). The molecule has 2 amide bonds. The van der Waals surface area contributed by atoms with Gasteiger partial charge in [0, 0.05) is 24.1 Å². The molecule has 0 unspecified atom stereocenters. The second-order valence-electron chi connectivity index (χ2n) is 2.61. The van der Waals surface area contributed by atoms with Gasteiger partial charge in [0.25, 0.3) is 11.8 Å². The van der Waals surface area contributed by atoms with Gasteiger partial charge in [-0.1, -0.05) is 6.58 Å². The first-order valence-corrected chi connectivity index (χ1v) is 3.98. The third kappa shape index (κ3) is 2.55. The number of rotatable bonds is 4. The summed E-state index contributed by atoms with van der Waals surface area (Å²) in [5.41, 5.74) is 0.326. The lowest BCUT2D eigenvalue weighted by atomic mass is 10.2. The predicted octanol–water partition coefficient (Wildman–Crippen LogP) is -0.312. The van der Waals surface area contributed by atoms with E-state index in [0.29, 0.717) is 5.57 Å². The summed E-state index contributed by atoms with van der Waals surface area (Å²) in [6.45, 7) is 3.28. The molecule has 5 nitrogen and oxygen atoms in total. The zero-order chi connectivity index (χ0) is 10.6. The fraction of sp³-hybridized carbons (Fsp3) is 0.222. The molecule has 0 saturated heterocycles. The van der Waals surface area contributed by atoms with Crippen LogP contribution in [0.25, 0.3) is 0 Å². The third-order valence-electron chi connectivity index (χ3n) is 1.62. The number of carbonyl (C=O) groups is 3. The second kappa shape index (κ2) is 4.36. The largest absolute Gasteiger partial charge is 0.462 e. The molecular formula is C9H9NO4. The van der Waals surface area contributed by atoms with Crippen molar-refractivity contribution in [1.29, 1.82) is 0 Å². The number of ether oxygens (including phenoxy) is 1. The molecule has 0 saturated carbocycles. The van der Waals surface area contributed by atoms with E-state index in [2.05, 4.69) is 16.6 Å². The van der Waals surface area contributed by atoms with Crippen LogP contribution >= 0.6 is 0 Å². The fourth-order valence-electron chi connectivity index (χ4n) is 0.958. The molecule has 1 heterocycles. The van der Waals surface area contributed by atoms with Gasteiger partial charge in [0.05, 0.1) is 6.61 Å². The SMILES string of the molecule is C=CC(=O)OCCC1=CC(=O)NC1=O. The highest BCUT2D eigenvalue weighted by Gasteiger charge is 2.20. The maximum absolute atomic E-state index is 11.0. The first-order chi connectivity index (χ1) is 6.63. The van der Waals surface area contributed by atoms with Gasteiger partial charge in [-0.2, -0.15) is 0 Å². The number of carbonyl (C=O) groups excluding carboxylic acids is 3. The summed E-state index contributed by atoms with van der Waals surface area (Å²) in [5.74, 6) is -1.40. The van der Waals surface area contributed by atoms with Gasteiger partial charge in [-0.15, -0.1) is 0 Å². The molecule has 1 aliphatic rings. The number of amides is 2. The third-order valence-corrected chi connectivity index (χ3v) is 1.62. The molecule has 74 valence electrons. The molecular weight excluding hydrogens is 186 g/mol. The maximum atomic E-state index is 11.0. The smallest absolute Gasteiger partial charge is 0.330 e. The van der Waals surface area contributed by atoms with Crippen LogP contribution < -0.4 is 5.32 Å². The molecule has 0 aromatic rings. The summed E-state index contributed by atoms with van der Waals surface area (Å²) in [6, 6.07) is 0. The molecule has 0 radical (unpaired) electrons. The van der Waals surface area contributed by atoms with Gasteiger partial charge in [-0.3, -0.25) is 14.9 Å². The number of nitrogens with one attached hydrogen (secondary N) is 1. The minimum Gasteiger partial charge on any atom is -0.462 e. The lowest BCUT2D eigenvalue weighted by Crippen LogP contribution is -2.22. The molecule has 0 aromatic heterocycles. The topological polar surface area (TPSA) is 72.5 Å². The number of hydrogen-bond donors (Lipinski definition) is 1. The van der Waals surface area contributed by atoms with Crippen molar-refractivity contribution in [1.82, 2.24) is 5.32 Å². The van der Waals surface area contributed by atoms with Crippen molar-refractivity contribution in [3.05, 3.63) is 24.3 Å². The lowest BCUT2D eigenvalue weighted by molar-refractivity contribution is -0.138. The average molecular weight is 195 g/mol. The van der Waals surface area contributed by atoms with Crippen molar-refractivity contribution < 1.29 is 19.1 Å². The summed E-state index contributed by atoms with van der Waals surface area (Å²) in [6.07, 6.45) is 2.47. The van der Waals surface area contributed by atoms with Crippen molar-refractivity contribution in [2.75, 3.05) is 6.61 Å². The average Bonchev–Trinajstić information content (AvgIpc) is 2.45. The summed E-state index contributed by atoms with van der Waals surface area (Å²) < 4.78 is 4.65. The molecule has 1 aliphatic heterocycles. The van der Waals surface area contributed by atoms with Gasteiger partial charge >= 0.3 is 5.97 Å². The van der Waals surface area contributed by atoms with Crippen molar-refractivity contribution in [2.24, 2.45) is 0 Å². The highest BCUT2D eigenvalue weighted by molar-refractivity contribution is 6.16. The van der Waals surface area contributed by atoms with Crippen LogP contribution in [0.1, 0.15) is 6.42 Å². The van der Waals surface area contributed by atoms with E-state index in [-0.39, 0.29) is 13.0 Å². The Morgan fingerprint density at radius 2 is 2.29 bits per heavy atom. The predicted molar refractivity (Wildman–Crippen MR) is 47.0 cm³/mol. The Hall–Kier alpha value is -1.91. The van der Waals surface area contributed by atoms with E-state index in [9.17, 15) is 14.4 Å². The molecule has 0 aromatic carbocycles. The van der Waals surface area contributed by atoms with Gasteiger partial charge in [0.2, 0.25) is 0 Å². The molecule has 0 aliphatic carbocycles. The molecule has 1 N–H and O–H groups in total. The summed E-state index contributed by atoms with van der Waals surface area (Å²) in [4.78, 5) is 32.3. The van der Waals surface area contributed by atoms with Gasteiger partial charge in [0.1, 0.15) is 0 Å². The Bertz CT molecular complexity index is 330. The van der Waals surface area contributed by atoms with Crippen LogP contribution in [0.15, 0.2) is 24.3 Å². The minimum atomic E-state index is -0.546. The van der Waals surface area contributed by atoms with E-state index in [1.54, 1.807) is 0 Å². The van der Waals surface area contributed by atoms with Gasteiger partial charge in [-0.05, 0) is 0 Å². The van der Waals surface area contributed by atoms with E-state index >= 15 is 0 Å². The van der Waals surface area contributed by atoms with E-state index in [1.165, 1.54) is 6.08 Å². The molecule has 5 heteroatoms. The Kier molecular flexibility index (Phi) is 3.17. The highest BCUT2D eigenvalue weighted by atomic mass is 16.5. The Labute approximate surface area is 80.4 Å². The van der Waals surface area contributed by atoms with Crippen molar-refractivity contribution in [3.63, 3.8) is 0 Å². The molecule has 1 rings (SSSR count). The van der Waals surface area contributed by atoms with Gasteiger partial charge in [-0.25, -0.2) is 4.79 Å². The Morgan fingerprint density at radius 1 is 1.57 bits per heavy atom. The highest BCUT2D eigenvalue weighted by Crippen LogP contribution is 2.07. The maximum Gasteiger partial charge on any atom is 0.330 e. The van der Waals surface area contributed by atoms with Gasteiger partial charge in [0.15, 0.2) is 0 Å². The summed E-state index contributed by atoms with van der Waals surface area (Å²) in [7, 11) is 0. The summed E-state index contributed by atoms with van der Waals surface area (Å²) >= 11 is 0. The van der Waals surface area contributed by atoms with Crippen LogP contribution in [0, 0.1) is 0 Å². The number of imide groups is 1. The minimum absolute atomic E-state index is 0.0669. The monoisotopic (exact) mass is 195 g/mol. The van der Waals surface area contributed by atoms with Crippen LogP contribution in [0.5, 0.6) is 0 Å². The number of hydrogen-bond acceptors (Lipinski definition) is 4. The van der Waals surface area contributed by atoms with Crippen LogP contribution in [0.2, 0.25) is 0 Å². The zero-order valence-corrected chi connectivity index (χ0v) is 7.41. The zero-order valence-electron chi connectivity index (χ0n) is 7.41. The van der Waals surface area contributed by atoms with E-state index in [1.807, 2.05) is 0 Å². The first-order valence-electron chi connectivity index (χ1n) is 3.98. The molecule has 0 spiro atoms. The second-order valence-corrected chi connectivity index (χ2v) is 2.61. The molecule has 0 atom stereocenters. The molecule has 14 heavy (non-hydrogen) atoms. The van der Waals surface area contributed by atoms with Crippen LogP contribution in [0.3, 0.4) is 0 Å². The Morgan fingerprint density at radius 3 is 2.79 bits per heavy atom. The van der Waals surface area contributed by atoms with E-state index in [0.717, 1.165) is 6.08 Å². The fourth-order valence-corrected chi connectivity index (χ4v) is 0.958. The van der Waals surface area contributed by atoms with Crippen LogP contribution in [-0.2, 0) is 19.1 Å². The van der Waals surface area contributed by atoms with E-state index < -0.39 is 17.8 Å². The van der Waals surface area contributed by atoms with Crippen LogP contribution in [-0.4, -0.2) is 24.4 Å². The quantitative estimate of drug-likeness (QED) is 0.379. The Balaban J connectivity index is 2.35. The van der Waals surface area contributed by atoms with Crippen molar-refractivity contribution in [2.45, 2.75) is 6.42 Å². The van der Waals surface area contributed by atoms with Gasteiger partial charge < -0.3 is 4.74 Å². The summed E-state index contributed by atoms with van der Waals surface area (Å²) in [5, 5.41) is 2.09.